The molecule has 4 heterocycles. The van der Waals surface area contributed by atoms with Gasteiger partial charge in [-0.2, -0.15) is 11.3 Å². The Kier molecular flexibility index (Phi) is 3.18. The standard InChI is InChI=1S/C16H15N3O2S/c20-15(11-3-5-22-10-11)18-7-12-8-19(16(21)14(12)9-18)13-2-1-4-17-6-13/h1-6,10,12,14H,7-9H2/t12-,14-/m0/s1. The predicted molar refractivity (Wildman–Crippen MR) is 83.8 cm³/mol. The Hall–Kier alpha value is -2.21. The van der Waals surface area contributed by atoms with Crippen LogP contribution in [0.1, 0.15) is 10.4 Å². The van der Waals surface area contributed by atoms with Gasteiger partial charge >= 0.3 is 0 Å². The Labute approximate surface area is 132 Å². The molecule has 4 rings (SSSR count). The number of amides is 2. The molecule has 5 nitrogen and oxygen atoms in total. The molecule has 2 fully saturated rings. The summed E-state index contributed by atoms with van der Waals surface area (Å²) in [5.74, 6) is 0.285. The van der Waals surface area contributed by atoms with E-state index < -0.39 is 0 Å². The van der Waals surface area contributed by atoms with E-state index in [1.807, 2.05) is 33.9 Å². The number of nitrogens with zero attached hydrogens (tertiary/aromatic N) is 3. The summed E-state index contributed by atoms with van der Waals surface area (Å²) in [6.45, 7) is 1.85. The van der Waals surface area contributed by atoms with Gasteiger partial charge in [-0.15, -0.1) is 0 Å². The van der Waals surface area contributed by atoms with E-state index in [1.165, 1.54) is 11.3 Å². The van der Waals surface area contributed by atoms with Crippen LogP contribution in [0.2, 0.25) is 0 Å². The van der Waals surface area contributed by atoms with Gasteiger partial charge in [-0.3, -0.25) is 14.6 Å². The molecule has 0 aliphatic carbocycles. The minimum Gasteiger partial charge on any atom is -0.337 e. The van der Waals surface area contributed by atoms with Crippen molar-refractivity contribution in [2.24, 2.45) is 11.8 Å². The first kappa shape index (κ1) is 13.5. The van der Waals surface area contributed by atoms with Crippen molar-refractivity contribution in [2.75, 3.05) is 24.5 Å². The van der Waals surface area contributed by atoms with Crippen molar-refractivity contribution in [3.8, 4) is 0 Å². The number of anilines is 1. The largest absolute Gasteiger partial charge is 0.337 e. The van der Waals surface area contributed by atoms with Crippen molar-refractivity contribution in [3.63, 3.8) is 0 Å². The fourth-order valence-electron chi connectivity index (χ4n) is 3.34. The van der Waals surface area contributed by atoms with E-state index in [0.29, 0.717) is 19.6 Å². The molecule has 0 spiro atoms. The molecule has 0 radical (unpaired) electrons. The van der Waals surface area contributed by atoms with Gasteiger partial charge in [0.25, 0.3) is 5.91 Å². The molecule has 2 atom stereocenters. The van der Waals surface area contributed by atoms with Crippen molar-refractivity contribution in [2.45, 2.75) is 0 Å². The van der Waals surface area contributed by atoms with Gasteiger partial charge in [-0.05, 0) is 23.6 Å². The molecular formula is C16H15N3O2S. The third-order valence-electron chi connectivity index (χ3n) is 4.45. The topological polar surface area (TPSA) is 53.5 Å². The summed E-state index contributed by atoms with van der Waals surface area (Å²) in [6.07, 6.45) is 3.42. The molecule has 6 heteroatoms. The molecule has 2 aliphatic rings. The van der Waals surface area contributed by atoms with Gasteiger partial charge in [0.15, 0.2) is 0 Å². The van der Waals surface area contributed by atoms with Crippen LogP contribution in [-0.2, 0) is 4.79 Å². The van der Waals surface area contributed by atoms with Crippen LogP contribution in [0.4, 0.5) is 5.69 Å². The lowest BCUT2D eigenvalue weighted by Gasteiger charge is -2.21. The lowest BCUT2D eigenvalue weighted by atomic mass is 10.0. The van der Waals surface area contributed by atoms with E-state index in [4.69, 9.17) is 0 Å². The molecule has 2 amide bonds. The Balaban J connectivity index is 1.50. The fourth-order valence-corrected chi connectivity index (χ4v) is 3.97. The lowest BCUT2D eigenvalue weighted by Crippen LogP contribution is -2.35. The number of hydrogen-bond donors (Lipinski definition) is 0. The Morgan fingerprint density at radius 1 is 1.27 bits per heavy atom. The number of fused-ring (bicyclic) bond motifs is 1. The number of carbonyl (C=O) groups excluding carboxylic acids is 2. The molecule has 2 aliphatic heterocycles. The van der Waals surface area contributed by atoms with E-state index in [9.17, 15) is 9.59 Å². The Morgan fingerprint density at radius 3 is 2.86 bits per heavy atom. The van der Waals surface area contributed by atoms with Crippen LogP contribution >= 0.6 is 11.3 Å². The molecule has 22 heavy (non-hydrogen) atoms. The van der Waals surface area contributed by atoms with Gasteiger partial charge in [0.05, 0.1) is 23.4 Å². The second-order valence-electron chi connectivity index (χ2n) is 5.75. The van der Waals surface area contributed by atoms with Crippen LogP contribution in [0.25, 0.3) is 0 Å². The lowest BCUT2D eigenvalue weighted by molar-refractivity contribution is -0.120. The maximum atomic E-state index is 12.6. The quantitative estimate of drug-likeness (QED) is 0.850. The third kappa shape index (κ3) is 2.11. The Morgan fingerprint density at radius 2 is 2.18 bits per heavy atom. The van der Waals surface area contributed by atoms with Crippen LogP contribution in [0.3, 0.4) is 0 Å². The smallest absolute Gasteiger partial charge is 0.254 e. The molecule has 2 aromatic rings. The van der Waals surface area contributed by atoms with E-state index in [-0.39, 0.29) is 23.7 Å². The molecule has 0 unspecified atom stereocenters. The highest BCUT2D eigenvalue weighted by Crippen LogP contribution is 2.35. The summed E-state index contributed by atoms with van der Waals surface area (Å²) >= 11 is 1.52. The second kappa shape index (κ2) is 5.21. The average Bonchev–Trinajstić information content (AvgIpc) is 3.25. The average molecular weight is 313 g/mol. The number of thiophene rings is 1. The minimum absolute atomic E-state index is 0.0383. The molecule has 0 saturated carbocycles. The van der Waals surface area contributed by atoms with Crippen molar-refractivity contribution in [1.82, 2.24) is 9.88 Å². The number of carbonyl (C=O) groups is 2. The molecular weight excluding hydrogens is 298 g/mol. The highest BCUT2D eigenvalue weighted by molar-refractivity contribution is 7.08. The molecule has 0 bridgehead atoms. The summed E-state index contributed by atoms with van der Waals surface area (Å²) < 4.78 is 0. The molecule has 2 aromatic heterocycles. The van der Waals surface area contributed by atoms with Crippen molar-refractivity contribution in [1.29, 1.82) is 0 Å². The first-order chi connectivity index (χ1) is 10.7. The highest BCUT2D eigenvalue weighted by atomic mass is 32.1. The first-order valence-corrected chi connectivity index (χ1v) is 8.21. The van der Waals surface area contributed by atoms with Crippen LogP contribution in [0, 0.1) is 11.8 Å². The molecule has 0 aromatic carbocycles. The second-order valence-corrected chi connectivity index (χ2v) is 6.53. The minimum atomic E-state index is -0.0807. The van der Waals surface area contributed by atoms with Crippen LogP contribution in [-0.4, -0.2) is 41.3 Å². The summed E-state index contributed by atoms with van der Waals surface area (Å²) in [5.41, 5.74) is 1.57. The van der Waals surface area contributed by atoms with Gasteiger partial charge in [0.1, 0.15) is 0 Å². The maximum Gasteiger partial charge on any atom is 0.254 e. The van der Waals surface area contributed by atoms with Gasteiger partial charge in [0.2, 0.25) is 5.91 Å². The number of likely N-dealkylation sites (tertiary alicyclic amines) is 1. The Bertz CT molecular complexity index is 701. The molecule has 0 N–H and O–H groups in total. The van der Waals surface area contributed by atoms with E-state index >= 15 is 0 Å². The summed E-state index contributed by atoms with van der Waals surface area (Å²) in [6, 6.07) is 5.58. The van der Waals surface area contributed by atoms with Crippen LogP contribution in [0.5, 0.6) is 0 Å². The van der Waals surface area contributed by atoms with E-state index in [0.717, 1.165) is 11.3 Å². The zero-order valence-electron chi connectivity index (χ0n) is 11.9. The SMILES string of the molecule is O=C(c1ccsc1)N1C[C@H]2CN(c3cccnc3)C(=O)[C@H]2C1. The van der Waals surface area contributed by atoms with Gasteiger partial charge < -0.3 is 9.80 Å². The number of rotatable bonds is 2. The van der Waals surface area contributed by atoms with Crippen molar-refractivity contribution in [3.05, 3.63) is 46.9 Å². The zero-order valence-corrected chi connectivity index (χ0v) is 12.7. The van der Waals surface area contributed by atoms with Crippen LogP contribution < -0.4 is 4.90 Å². The molecule has 112 valence electrons. The number of hydrogen-bond acceptors (Lipinski definition) is 4. The first-order valence-electron chi connectivity index (χ1n) is 7.27. The summed E-state index contributed by atoms with van der Waals surface area (Å²) in [4.78, 5) is 32.7. The number of pyridine rings is 1. The number of aromatic nitrogens is 1. The highest BCUT2D eigenvalue weighted by Gasteiger charge is 2.47. The normalized spacial score (nSPS) is 23.9. The monoisotopic (exact) mass is 313 g/mol. The third-order valence-corrected chi connectivity index (χ3v) is 5.14. The van der Waals surface area contributed by atoms with E-state index in [2.05, 4.69) is 4.98 Å². The summed E-state index contributed by atoms with van der Waals surface area (Å²) in [7, 11) is 0. The van der Waals surface area contributed by atoms with Crippen LogP contribution in [0.15, 0.2) is 41.4 Å². The predicted octanol–water partition coefficient (Wildman–Crippen LogP) is 1.88. The molecule has 2 saturated heterocycles. The van der Waals surface area contributed by atoms with Gasteiger partial charge in [-0.1, -0.05) is 0 Å². The van der Waals surface area contributed by atoms with E-state index in [1.54, 1.807) is 17.3 Å². The van der Waals surface area contributed by atoms with Crippen molar-refractivity contribution < 1.29 is 9.59 Å². The summed E-state index contributed by atoms with van der Waals surface area (Å²) in [5, 5.41) is 3.76. The van der Waals surface area contributed by atoms with Gasteiger partial charge in [0, 0.05) is 37.1 Å². The van der Waals surface area contributed by atoms with Gasteiger partial charge in [-0.25, -0.2) is 0 Å². The fraction of sp³-hybridized carbons (Fsp3) is 0.312. The maximum absolute atomic E-state index is 12.6. The van der Waals surface area contributed by atoms with Crippen molar-refractivity contribution >= 4 is 28.8 Å². The zero-order chi connectivity index (χ0) is 15.1.